The molecule has 1 atom stereocenters. The van der Waals surface area contributed by atoms with E-state index in [1.165, 1.54) is 21.1 Å². The van der Waals surface area contributed by atoms with Gasteiger partial charge in [-0.15, -0.1) is 0 Å². The van der Waals surface area contributed by atoms with Crippen molar-refractivity contribution < 1.29 is 19.6 Å². The maximum absolute atomic E-state index is 12.4. The second kappa shape index (κ2) is 7.73. The van der Waals surface area contributed by atoms with Crippen LogP contribution >= 0.6 is 0 Å². The van der Waals surface area contributed by atoms with E-state index >= 15 is 0 Å². The average molecular weight is 380 g/mol. The van der Waals surface area contributed by atoms with Gasteiger partial charge in [-0.2, -0.15) is 0 Å². The summed E-state index contributed by atoms with van der Waals surface area (Å²) < 4.78 is 0. The molecule has 2 aliphatic rings. The molecule has 2 N–H and O–H groups in total. The molecular weight excluding hydrogens is 354 g/mol. The number of quaternary nitrogens is 1. The van der Waals surface area contributed by atoms with Crippen molar-refractivity contribution in [1.82, 2.24) is 4.90 Å². The van der Waals surface area contributed by atoms with E-state index in [0.29, 0.717) is 17.7 Å². The van der Waals surface area contributed by atoms with Gasteiger partial charge in [0.15, 0.2) is 0 Å². The number of aliphatic hydroxyl groups excluding tert-OH is 1. The SMILES string of the molecule is Cc1cccc(N2CC[NH+](C[C@H](O)CN3C(=O)c4ccccc4C3=O)CC2)c1. The van der Waals surface area contributed by atoms with Crippen LogP contribution in [0.4, 0.5) is 5.69 Å². The first-order valence-corrected chi connectivity index (χ1v) is 9.81. The average Bonchev–Trinajstić information content (AvgIpc) is 2.94. The number of carbonyl (C=O) groups excluding carboxylic acids is 2. The molecule has 2 amide bonds. The minimum absolute atomic E-state index is 0.0530. The van der Waals surface area contributed by atoms with Gasteiger partial charge in [-0.05, 0) is 36.8 Å². The topological polar surface area (TPSA) is 65.3 Å². The second-order valence-corrected chi connectivity index (χ2v) is 7.70. The molecule has 0 unspecified atom stereocenters. The van der Waals surface area contributed by atoms with Crippen molar-refractivity contribution in [2.75, 3.05) is 44.2 Å². The summed E-state index contributed by atoms with van der Waals surface area (Å²) in [4.78, 5) is 29.7. The minimum Gasteiger partial charge on any atom is -0.385 e. The van der Waals surface area contributed by atoms with Crippen LogP contribution in [0.15, 0.2) is 48.5 Å². The summed E-state index contributed by atoms with van der Waals surface area (Å²) in [6, 6.07) is 15.3. The van der Waals surface area contributed by atoms with Gasteiger partial charge in [0.2, 0.25) is 0 Å². The van der Waals surface area contributed by atoms with Gasteiger partial charge in [0.05, 0.1) is 43.9 Å². The number of piperazine rings is 1. The van der Waals surface area contributed by atoms with E-state index in [4.69, 9.17) is 0 Å². The lowest BCUT2D eigenvalue weighted by Crippen LogP contribution is -3.16. The molecule has 0 radical (unpaired) electrons. The van der Waals surface area contributed by atoms with Crippen molar-refractivity contribution in [3.63, 3.8) is 0 Å². The number of nitrogens with zero attached hydrogens (tertiary/aromatic N) is 2. The van der Waals surface area contributed by atoms with Gasteiger partial charge in [0.1, 0.15) is 12.6 Å². The number of imide groups is 1. The number of hydrogen-bond donors (Lipinski definition) is 2. The molecular formula is C22H26N3O3+. The van der Waals surface area contributed by atoms with Crippen LogP contribution in [0.25, 0.3) is 0 Å². The minimum atomic E-state index is -0.720. The zero-order valence-electron chi connectivity index (χ0n) is 16.1. The fourth-order valence-electron chi connectivity index (χ4n) is 4.12. The standard InChI is InChI=1S/C22H25N3O3/c1-16-5-4-6-17(13-16)24-11-9-23(10-12-24)14-18(26)15-25-21(27)19-7-2-3-8-20(19)22(25)28/h2-8,13,18,26H,9-12,14-15H2,1H3/p+1/t18-/m0/s1. The van der Waals surface area contributed by atoms with E-state index in [1.54, 1.807) is 24.3 Å². The van der Waals surface area contributed by atoms with Gasteiger partial charge in [-0.3, -0.25) is 14.5 Å². The van der Waals surface area contributed by atoms with E-state index in [-0.39, 0.29) is 18.4 Å². The molecule has 0 spiro atoms. The second-order valence-electron chi connectivity index (χ2n) is 7.70. The van der Waals surface area contributed by atoms with Gasteiger partial charge in [0.25, 0.3) is 11.8 Å². The van der Waals surface area contributed by atoms with Crippen LogP contribution in [-0.4, -0.2) is 67.2 Å². The fourth-order valence-corrected chi connectivity index (χ4v) is 4.12. The molecule has 0 aliphatic carbocycles. The smallest absolute Gasteiger partial charge is 0.261 e. The number of nitrogens with one attached hydrogen (secondary N) is 1. The number of hydrogen-bond acceptors (Lipinski definition) is 4. The monoisotopic (exact) mass is 380 g/mol. The van der Waals surface area contributed by atoms with Crippen molar-refractivity contribution in [1.29, 1.82) is 0 Å². The Morgan fingerprint density at radius 3 is 2.25 bits per heavy atom. The number of amides is 2. The Bertz CT molecular complexity index is 855. The first kappa shape index (κ1) is 18.7. The Labute approximate surface area is 165 Å². The third kappa shape index (κ3) is 3.66. The third-order valence-corrected chi connectivity index (χ3v) is 5.63. The zero-order valence-corrected chi connectivity index (χ0v) is 16.1. The zero-order chi connectivity index (χ0) is 19.7. The first-order valence-electron chi connectivity index (χ1n) is 9.81. The van der Waals surface area contributed by atoms with Gasteiger partial charge in [-0.25, -0.2) is 0 Å². The van der Waals surface area contributed by atoms with Crippen LogP contribution < -0.4 is 9.80 Å². The molecule has 2 heterocycles. The van der Waals surface area contributed by atoms with Crippen molar-refractivity contribution in [2.45, 2.75) is 13.0 Å². The van der Waals surface area contributed by atoms with Crippen LogP contribution in [0.3, 0.4) is 0 Å². The molecule has 1 fully saturated rings. The number of carbonyl (C=O) groups is 2. The van der Waals surface area contributed by atoms with Crippen LogP contribution in [-0.2, 0) is 0 Å². The summed E-state index contributed by atoms with van der Waals surface area (Å²) in [6.07, 6.45) is -0.720. The highest BCUT2D eigenvalue weighted by atomic mass is 16.3. The van der Waals surface area contributed by atoms with Crippen LogP contribution in [0.1, 0.15) is 26.3 Å². The van der Waals surface area contributed by atoms with Gasteiger partial charge in [-0.1, -0.05) is 24.3 Å². The Morgan fingerprint density at radius 1 is 1.00 bits per heavy atom. The molecule has 6 nitrogen and oxygen atoms in total. The quantitative estimate of drug-likeness (QED) is 0.735. The largest absolute Gasteiger partial charge is 0.385 e. The number of anilines is 1. The summed E-state index contributed by atoms with van der Waals surface area (Å²) in [7, 11) is 0. The van der Waals surface area contributed by atoms with Gasteiger partial charge < -0.3 is 14.9 Å². The summed E-state index contributed by atoms with van der Waals surface area (Å²) in [5.41, 5.74) is 3.35. The normalized spacial score (nSPS) is 18.5. The Hall–Kier alpha value is -2.70. The van der Waals surface area contributed by atoms with E-state index in [9.17, 15) is 14.7 Å². The number of aryl methyl sites for hydroxylation is 1. The van der Waals surface area contributed by atoms with Crippen LogP contribution in [0, 0.1) is 6.92 Å². The highest BCUT2D eigenvalue weighted by molar-refractivity contribution is 6.21. The lowest BCUT2D eigenvalue weighted by Gasteiger charge is -2.34. The molecule has 146 valence electrons. The van der Waals surface area contributed by atoms with Crippen molar-refractivity contribution in [3.05, 3.63) is 65.2 Å². The van der Waals surface area contributed by atoms with E-state index in [2.05, 4.69) is 36.1 Å². The maximum atomic E-state index is 12.4. The van der Waals surface area contributed by atoms with E-state index in [1.807, 2.05) is 0 Å². The molecule has 28 heavy (non-hydrogen) atoms. The Morgan fingerprint density at radius 2 is 1.64 bits per heavy atom. The molecule has 2 aromatic carbocycles. The number of rotatable bonds is 5. The molecule has 0 saturated carbocycles. The summed E-state index contributed by atoms with van der Waals surface area (Å²) >= 11 is 0. The lowest BCUT2D eigenvalue weighted by atomic mass is 10.1. The molecule has 2 aromatic rings. The van der Waals surface area contributed by atoms with Crippen LogP contribution in [0.2, 0.25) is 0 Å². The van der Waals surface area contributed by atoms with E-state index < -0.39 is 6.10 Å². The van der Waals surface area contributed by atoms with Gasteiger partial charge in [0, 0.05) is 5.69 Å². The predicted molar refractivity (Wildman–Crippen MR) is 107 cm³/mol. The molecule has 4 rings (SSSR count). The number of benzene rings is 2. The molecule has 0 bridgehead atoms. The van der Waals surface area contributed by atoms with Crippen molar-refractivity contribution >= 4 is 17.5 Å². The van der Waals surface area contributed by atoms with Gasteiger partial charge >= 0.3 is 0 Å². The molecule has 6 heteroatoms. The Balaban J connectivity index is 1.30. The fraction of sp³-hybridized carbons (Fsp3) is 0.364. The Kier molecular flexibility index (Phi) is 5.15. The number of aliphatic hydroxyl groups is 1. The molecule has 0 aromatic heterocycles. The number of β-amino-alcohol motifs (C(OH)–C–C–N with tert-alkyl or cyclic N) is 1. The molecule has 1 saturated heterocycles. The first-order chi connectivity index (χ1) is 13.5. The third-order valence-electron chi connectivity index (χ3n) is 5.63. The van der Waals surface area contributed by atoms with E-state index in [0.717, 1.165) is 26.2 Å². The molecule has 2 aliphatic heterocycles. The van der Waals surface area contributed by atoms with Crippen LogP contribution in [0.5, 0.6) is 0 Å². The summed E-state index contributed by atoms with van der Waals surface area (Å²) in [5, 5.41) is 10.5. The number of fused-ring (bicyclic) bond motifs is 1. The summed E-state index contributed by atoms with van der Waals surface area (Å²) in [6.45, 7) is 6.39. The lowest BCUT2D eigenvalue weighted by molar-refractivity contribution is -0.903. The highest BCUT2D eigenvalue weighted by Gasteiger charge is 2.36. The van der Waals surface area contributed by atoms with Crippen molar-refractivity contribution in [2.24, 2.45) is 0 Å². The summed E-state index contributed by atoms with van der Waals surface area (Å²) in [5.74, 6) is -0.613. The predicted octanol–water partition coefficient (Wildman–Crippen LogP) is 0.357. The highest BCUT2D eigenvalue weighted by Crippen LogP contribution is 2.22. The van der Waals surface area contributed by atoms with Crippen molar-refractivity contribution in [3.8, 4) is 0 Å². The maximum Gasteiger partial charge on any atom is 0.261 e.